The molecule has 0 unspecified atom stereocenters. The Morgan fingerprint density at radius 1 is 1.32 bits per heavy atom. The van der Waals surface area contributed by atoms with E-state index in [1.807, 2.05) is 6.92 Å². The van der Waals surface area contributed by atoms with E-state index in [1.165, 1.54) is 25.0 Å². The third-order valence-electron chi connectivity index (χ3n) is 4.07. The average molecular weight is 309 g/mol. The first-order valence-electron chi connectivity index (χ1n) is 8.07. The van der Waals surface area contributed by atoms with Crippen LogP contribution in [0.5, 0.6) is 0 Å². The Bertz CT molecular complexity index is 509. The molecule has 1 N–H and O–H groups in total. The molecule has 0 spiro atoms. The van der Waals surface area contributed by atoms with Crippen molar-refractivity contribution in [3.05, 3.63) is 35.4 Å². The fraction of sp³-hybridized carbons (Fsp3) is 0.588. The highest BCUT2D eigenvalue weighted by Gasteiger charge is 2.18. The molecular formula is C17H25F2N3. The number of hydrogen-bond donors (Lipinski definition) is 1. The van der Waals surface area contributed by atoms with E-state index in [2.05, 4.69) is 22.1 Å². The summed E-state index contributed by atoms with van der Waals surface area (Å²) in [6.45, 7) is 7.57. The van der Waals surface area contributed by atoms with E-state index in [1.54, 1.807) is 0 Å². The van der Waals surface area contributed by atoms with Crippen molar-refractivity contribution in [3.8, 4) is 0 Å². The van der Waals surface area contributed by atoms with Gasteiger partial charge in [0.1, 0.15) is 11.6 Å². The second-order valence-corrected chi connectivity index (χ2v) is 5.89. The van der Waals surface area contributed by atoms with Gasteiger partial charge in [-0.1, -0.05) is 6.92 Å². The number of benzene rings is 1. The molecule has 5 heteroatoms. The lowest BCUT2D eigenvalue weighted by Crippen LogP contribution is -2.45. The van der Waals surface area contributed by atoms with E-state index in [0.29, 0.717) is 18.5 Å². The van der Waals surface area contributed by atoms with Gasteiger partial charge in [0.05, 0.1) is 0 Å². The van der Waals surface area contributed by atoms with Crippen molar-refractivity contribution in [1.82, 2.24) is 10.2 Å². The van der Waals surface area contributed by atoms with Crippen molar-refractivity contribution < 1.29 is 8.78 Å². The number of nitrogens with one attached hydrogen (secondary N) is 1. The molecule has 1 aliphatic rings. The molecule has 3 nitrogen and oxygen atoms in total. The normalized spacial score (nSPS) is 16.9. The van der Waals surface area contributed by atoms with Crippen LogP contribution in [0.4, 0.5) is 8.78 Å². The molecule has 0 saturated carbocycles. The van der Waals surface area contributed by atoms with Gasteiger partial charge in [-0.05, 0) is 55.9 Å². The molecule has 0 radical (unpaired) electrons. The van der Waals surface area contributed by atoms with Gasteiger partial charge < -0.3 is 10.2 Å². The fourth-order valence-electron chi connectivity index (χ4n) is 2.66. The lowest BCUT2D eigenvalue weighted by atomic mass is 10.00. The quantitative estimate of drug-likeness (QED) is 0.683. The molecule has 122 valence electrons. The minimum atomic E-state index is -0.405. The van der Waals surface area contributed by atoms with Crippen LogP contribution in [0.3, 0.4) is 0 Å². The summed E-state index contributed by atoms with van der Waals surface area (Å²) < 4.78 is 26.8. The van der Waals surface area contributed by atoms with Crippen molar-refractivity contribution in [2.45, 2.75) is 33.1 Å². The summed E-state index contributed by atoms with van der Waals surface area (Å²) in [5.41, 5.74) is 0.381. The van der Waals surface area contributed by atoms with Gasteiger partial charge in [-0.3, -0.25) is 4.99 Å². The maximum Gasteiger partial charge on any atom is 0.193 e. The van der Waals surface area contributed by atoms with Gasteiger partial charge in [0.15, 0.2) is 5.96 Å². The van der Waals surface area contributed by atoms with Gasteiger partial charge in [-0.15, -0.1) is 0 Å². The molecule has 1 fully saturated rings. The minimum absolute atomic E-state index is 0.367. The average Bonchev–Trinajstić information content (AvgIpc) is 2.51. The Morgan fingerprint density at radius 3 is 2.73 bits per heavy atom. The minimum Gasteiger partial charge on any atom is -0.357 e. The lowest BCUT2D eigenvalue weighted by molar-refractivity contribution is 0.273. The van der Waals surface area contributed by atoms with Crippen molar-refractivity contribution in [1.29, 1.82) is 0 Å². The van der Waals surface area contributed by atoms with Crippen LogP contribution in [0.15, 0.2) is 23.2 Å². The number of aliphatic imine (C=N–C) groups is 1. The first-order valence-corrected chi connectivity index (χ1v) is 8.07. The lowest BCUT2D eigenvalue weighted by Gasteiger charge is -2.33. The predicted molar refractivity (Wildman–Crippen MR) is 86.0 cm³/mol. The van der Waals surface area contributed by atoms with E-state index < -0.39 is 5.82 Å². The predicted octanol–water partition coefficient (Wildman–Crippen LogP) is 3.20. The van der Waals surface area contributed by atoms with E-state index in [0.717, 1.165) is 37.6 Å². The molecular weight excluding hydrogens is 284 g/mol. The van der Waals surface area contributed by atoms with Gasteiger partial charge in [0.25, 0.3) is 0 Å². The first kappa shape index (κ1) is 16.7. The molecule has 1 heterocycles. The summed E-state index contributed by atoms with van der Waals surface area (Å²) in [4.78, 5) is 6.83. The fourth-order valence-corrected chi connectivity index (χ4v) is 2.66. The van der Waals surface area contributed by atoms with Crippen LogP contribution in [-0.4, -0.2) is 37.0 Å². The largest absolute Gasteiger partial charge is 0.357 e. The topological polar surface area (TPSA) is 27.6 Å². The molecule has 0 atom stereocenters. The summed E-state index contributed by atoms with van der Waals surface area (Å²) in [6, 6.07) is 3.56. The first-order chi connectivity index (χ1) is 10.6. The van der Waals surface area contributed by atoms with E-state index in [-0.39, 0.29) is 5.82 Å². The molecule has 22 heavy (non-hydrogen) atoms. The van der Waals surface area contributed by atoms with Gasteiger partial charge in [0.2, 0.25) is 0 Å². The molecule has 0 bridgehead atoms. The molecule has 0 aromatic heterocycles. The number of rotatable bonds is 4. The van der Waals surface area contributed by atoms with E-state index in [4.69, 9.17) is 0 Å². The Kier molecular flexibility index (Phi) is 6.16. The summed E-state index contributed by atoms with van der Waals surface area (Å²) in [5.74, 6) is 0.873. The maximum atomic E-state index is 13.6. The molecule has 1 saturated heterocycles. The van der Waals surface area contributed by atoms with Gasteiger partial charge >= 0.3 is 0 Å². The zero-order valence-electron chi connectivity index (χ0n) is 13.4. The molecule has 1 aromatic carbocycles. The summed E-state index contributed by atoms with van der Waals surface area (Å²) in [7, 11) is 0. The van der Waals surface area contributed by atoms with Crippen LogP contribution in [0.1, 0.15) is 32.3 Å². The maximum absolute atomic E-state index is 13.6. The van der Waals surface area contributed by atoms with Gasteiger partial charge in [-0.25, -0.2) is 8.78 Å². The highest BCUT2D eigenvalue weighted by Crippen LogP contribution is 2.16. The molecule has 1 aromatic rings. The molecule has 0 aliphatic carbocycles. The van der Waals surface area contributed by atoms with E-state index >= 15 is 0 Å². The Morgan fingerprint density at radius 2 is 2.05 bits per heavy atom. The molecule has 2 rings (SSSR count). The number of hydrogen-bond acceptors (Lipinski definition) is 1. The highest BCUT2D eigenvalue weighted by atomic mass is 19.1. The summed E-state index contributed by atoms with van der Waals surface area (Å²) in [5, 5.41) is 3.29. The number of nitrogens with zero attached hydrogens (tertiary/aromatic N) is 2. The van der Waals surface area contributed by atoms with Gasteiger partial charge in [-0.2, -0.15) is 0 Å². The van der Waals surface area contributed by atoms with Crippen LogP contribution in [0.25, 0.3) is 0 Å². The molecule has 0 amide bonds. The van der Waals surface area contributed by atoms with Crippen LogP contribution in [0, 0.1) is 17.6 Å². The molecule has 1 aliphatic heterocycles. The monoisotopic (exact) mass is 309 g/mol. The van der Waals surface area contributed by atoms with Crippen molar-refractivity contribution in [2.24, 2.45) is 10.9 Å². The zero-order chi connectivity index (χ0) is 15.9. The number of guanidine groups is 1. The SMILES string of the molecule is CCNC(=NCCc1cc(F)ccc1F)N1CCC(C)CC1. The third-order valence-corrected chi connectivity index (χ3v) is 4.07. The van der Waals surface area contributed by atoms with Crippen molar-refractivity contribution in [2.75, 3.05) is 26.2 Å². The third kappa shape index (κ3) is 4.68. The Balaban J connectivity index is 1.96. The summed E-state index contributed by atoms with van der Waals surface area (Å²) in [6.07, 6.45) is 2.74. The van der Waals surface area contributed by atoms with Crippen LogP contribution < -0.4 is 5.32 Å². The van der Waals surface area contributed by atoms with Crippen LogP contribution in [0.2, 0.25) is 0 Å². The second kappa shape index (κ2) is 8.11. The number of halogens is 2. The van der Waals surface area contributed by atoms with Crippen LogP contribution >= 0.6 is 0 Å². The smallest absolute Gasteiger partial charge is 0.193 e. The summed E-state index contributed by atoms with van der Waals surface area (Å²) >= 11 is 0. The van der Waals surface area contributed by atoms with E-state index in [9.17, 15) is 8.78 Å². The Hall–Kier alpha value is -1.65. The van der Waals surface area contributed by atoms with Crippen molar-refractivity contribution in [3.63, 3.8) is 0 Å². The second-order valence-electron chi connectivity index (χ2n) is 5.89. The zero-order valence-corrected chi connectivity index (χ0v) is 13.4. The van der Waals surface area contributed by atoms with Crippen molar-refractivity contribution >= 4 is 5.96 Å². The number of likely N-dealkylation sites (tertiary alicyclic amines) is 1. The Labute approximate surface area is 131 Å². The highest BCUT2D eigenvalue weighted by molar-refractivity contribution is 5.80. The number of piperidine rings is 1. The van der Waals surface area contributed by atoms with Gasteiger partial charge in [0, 0.05) is 26.2 Å². The van der Waals surface area contributed by atoms with Crippen LogP contribution in [-0.2, 0) is 6.42 Å². The standard InChI is InChI=1S/C17H25F2N3/c1-3-20-17(22-10-7-13(2)8-11-22)21-9-6-14-12-15(18)4-5-16(14)19/h4-5,12-13H,3,6-11H2,1-2H3,(H,20,21).